The van der Waals surface area contributed by atoms with Gasteiger partial charge < -0.3 is 9.84 Å². The molecule has 1 rings (SSSR count). The van der Waals surface area contributed by atoms with Gasteiger partial charge in [-0.05, 0) is 12.0 Å². The van der Waals surface area contributed by atoms with Crippen LogP contribution in [0.25, 0.3) is 0 Å². The Bertz CT molecular complexity index is 256. The summed E-state index contributed by atoms with van der Waals surface area (Å²) in [5.41, 5.74) is 1.16. The molecule has 2 nitrogen and oxygen atoms in total. The average molecular weight is 192 g/mol. The van der Waals surface area contributed by atoms with Gasteiger partial charge in [0, 0.05) is 5.92 Å². The van der Waals surface area contributed by atoms with E-state index < -0.39 is 0 Å². The minimum absolute atomic E-state index is 0.157. The Morgan fingerprint density at radius 2 is 2.07 bits per heavy atom. The van der Waals surface area contributed by atoms with Gasteiger partial charge in [0.25, 0.3) is 0 Å². The van der Waals surface area contributed by atoms with Crippen molar-refractivity contribution in [3.05, 3.63) is 48.7 Å². The molecule has 2 heteroatoms. The minimum atomic E-state index is 0.157. The molecule has 0 heterocycles. The zero-order valence-electron chi connectivity index (χ0n) is 8.23. The van der Waals surface area contributed by atoms with E-state index in [9.17, 15) is 5.11 Å². The van der Waals surface area contributed by atoms with Gasteiger partial charge in [-0.1, -0.05) is 36.9 Å². The van der Waals surface area contributed by atoms with E-state index in [0.29, 0.717) is 6.61 Å². The molecule has 0 saturated carbocycles. The van der Waals surface area contributed by atoms with E-state index in [1.807, 2.05) is 30.3 Å². The lowest BCUT2D eigenvalue weighted by Crippen LogP contribution is -2.06. The van der Waals surface area contributed by atoms with E-state index in [4.69, 9.17) is 4.74 Å². The van der Waals surface area contributed by atoms with Gasteiger partial charge in [-0.2, -0.15) is 0 Å². The monoisotopic (exact) mass is 192 g/mol. The predicted octanol–water partition coefficient (Wildman–Crippen LogP) is 2.31. The van der Waals surface area contributed by atoms with Crippen molar-refractivity contribution in [1.29, 1.82) is 0 Å². The molecule has 0 spiro atoms. The zero-order valence-corrected chi connectivity index (χ0v) is 8.23. The first-order chi connectivity index (χ1) is 6.88. The number of ether oxygens (including phenoxy) is 1. The highest BCUT2D eigenvalue weighted by molar-refractivity contribution is 5.19. The predicted molar refractivity (Wildman–Crippen MR) is 57.0 cm³/mol. The Labute approximate surface area is 84.8 Å². The molecule has 0 fully saturated rings. The molecule has 0 aliphatic carbocycles. The van der Waals surface area contributed by atoms with E-state index in [0.717, 1.165) is 12.0 Å². The van der Waals surface area contributed by atoms with E-state index >= 15 is 0 Å². The van der Waals surface area contributed by atoms with Crippen LogP contribution in [-0.2, 0) is 4.74 Å². The van der Waals surface area contributed by atoms with Crippen LogP contribution in [0.3, 0.4) is 0 Å². The topological polar surface area (TPSA) is 29.5 Å². The van der Waals surface area contributed by atoms with Crippen molar-refractivity contribution in [2.24, 2.45) is 0 Å². The summed E-state index contributed by atoms with van der Waals surface area (Å²) < 4.78 is 5.04. The van der Waals surface area contributed by atoms with Gasteiger partial charge in [0.2, 0.25) is 0 Å². The van der Waals surface area contributed by atoms with Crippen LogP contribution in [0.2, 0.25) is 0 Å². The van der Waals surface area contributed by atoms with Crippen molar-refractivity contribution in [1.82, 2.24) is 0 Å². The number of rotatable bonds is 6. The standard InChI is InChI=1S/C12H16O2/c1-2-14-9-8-12(10-13)11-6-4-3-5-7-11/h2-7,12-13H,1,8-10H2. The highest BCUT2D eigenvalue weighted by Crippen LogP contribution is 2.18. The second-order valence-corrected chi connectivity index (χ2v) is 3.12. The van der Waals surface area contributed by atoms with Crippen LogP contribution in [-0.4, -0.2) is 18.3 Å². The summed E-state index contributed by atoms with van der Waals surface area (Å²) in [5, 5.41) is 9.20. The number of hydrogen-bond acceptors (Lipinski definition) is 2. The summed E-state index contributed by atoms with van der Waals surface area (Å²) in [5.74, 6) is 0.163. The molecule has 0 amide bonds. The summed E-state index contributed by atoms with van der Waals surface area (Å²) in [6.07, 6.45) is 2.24. The molecule has 1 N–H and O–H groups in total. The first-order valence-electron chi connectivity index (χ1n) is 4.76. The van der Waals surface area contributed by atoms with Crippen molar-refractivity contribution >= 4 is 0 Å². The third kappa shape index (κ3) is 3.23. The Hall–Kier alpha value is -1.28. The fraction of sp³-hybridized carbons (Fsp3) is 0.333. The van der Waals surface area contributed by atoms with Crippen LogP contribution >= 0.6 is 0 Å². The highest BCUT2D eigenvalue weighted by atomic mass is 16.5. The fourth-order valence-corrected chi connectivity index (χ4v) is 1.38. The number of aliphatic hydroxyl groups is 1. The third-order valence-corrected chi connectivity index (χ3v) is 2.19. The first kappa shape index (κ1) is 10.8. The maximum absolute atomic E-state index is 9.20. The maximum Gasteiger partial charge on any atom is 0.0879 e. The third-order valence-electron chi connectivity index (χ3n) is 2.19. The lowest BCUT2D eigenvalue weighted by molar-refractivity contribution is 0.202. The van der Waals surface area contributed by atoms with Crippen molar-refractivity contribution in [3.8, 4) is 0 Å². The van der Waals surface area contributed by atoms with E-state index in [1.54, 1.807) is 0 Å². The Morgan fingerprint density at radius 1 is 1.36 bits per heavy atom. The molecule has 0 bridgehead atoms. The van der Waals surface area contributed by atoms with Gasteiger partial charge >= 0.3 is 0 Å². The molecule has 0 aromatic heterocycles. The smallest absolute Gasteiger partial charge is 0.0879 e. The summed E-state index contributed by atoms with van der Waals surface area (Å²) in [7, 11) is 0. The second kappa shape index (κ2) is 6.22. The highest BCUT2D eigenvalue weighted by Gasteiger charge is 2.09. The van der Waals surface area contributed by atoms with Gasteiger partial charge in [-0.3, -0.25) is 0 Å². The van der Waals surface area contributed by atoms with Crippen LogP contribution in [0.15, 0.2) is 43.2 Å². The Morgan fingerprint density at radius 3 is 2.64 bits per heavy atom. The second-order valence-electron chi connectivity index (χ2n) is 3.12. The summed E-state index contributed by atoms with van der Waals surface area (Å²) in [6, 6.07) is 9.97. The SMILES string of the molecule is C=COCCC(CO)c1ccccc1. The van der Waals surface area contributed by atoms with Crippen LogP contribution in [0.1, 0.15) is 17.9 Å². The molecule has 0 aliphatic rings. The summed E-state index contributed by atoms with van der Waals surface area (Å²) in [6.45, 7) is 4.23. The van der Waals surface area contributed by atoms with Gasteiger partial charge in [0.1, 0.15) is 0 Å². The molecule has 1 unspecified atom stereocenters. The van der Waals surface area contributed by atoms with Gasteiger partial charge in [0.15, 0.2) is 0 Å². The molecule has 0 radical (unpaired) electrons. The molecule has 76 valence electrons. The largest absolute Gasteiger partial charge is 0.502 e. The molecular weight excluding hydrogens is 176 g/mol. The number of aliphatic hydroxyl groups excluding tert-OH is 1. The quantitative estimate of drug-likeness (QED) is 0.553. The summed E-state index contributed by atoms with van der Waals surface area (Å²) in [4.78, 5) is 0. The molecule has 1 aromatic carbocycles. The average Bonchev–Trinajstić information content (AvgIpc) is 2.26. The van der Waals surface area contributed by atoms with E-state index in [-0.39, 0.29) is 12.5 Å². The van der Waals surface area contributed by atoms with Crippen molar-refractivity contribution in [2.75, 3.05) is 13.2 Å². The van der Waals surface area contributed by atoms with Gasteiger partial charge in [-0.25, -0.2) is 0 Å². The lowest BCUT2D eigenvalue weighted by atomic mass is 9.97. The van der Waals surface area contributed by atoms with Crippen LogP contribution < -0.4 is 0 Å². The maximum atomic E-state index is 9.20. The van der Waals surface area contributed by atoms with Gasteiger partial charge in [0.05, 0.1) is 19.5 Å². The fourth-order valence-electron chi connectivity index (χ4n) is 1.38. The van der Waals surface area contributed by atoms with E-state index in [1.165, 1.54) is 6.26 Å². The van der Waals surface area contributed by atoms with Crippen molar-refractivity contribution < 1.29 is 9.84 Å². The Balaban J connectivity index is 2.50. The van der Waals surface area contributed by atoms with Crippen LogP contribution in [0, 0.1) is 0 Å². The molecule has 0 saturated heterocycles. The molecule has 0 aliphatic heterocycles. The number of benzene rings is 1. The lowest BCUT2D eigenvalue weighted by Gasteiger charge is -2.13. The van der Waals surface area contributed by atoms with Crippen molar-refractivity contribution in [2.45, 2.75) is 12.3 Å². The van der Waals surface area contributed by atoms with Gasteiger partial charge in [-0.15, -0.1) is 0 Å². The molecule has 1 aromatic rings. The van der Waals surface area contributed by atoms with Crippen LogP contribution in [0.5, 0.6) is 0 Å². The normalized spacial score (nSPS) is 12.1. The van der Waals surface area contributed by atoms with Crippen molar-refractivity contribution in [3.63, 3.8) is 0 Å². The van der Waals surface area contributed by atoms with E-state index in [2.05, 4.69) is 6.58 Å². The molecule has 14 heavy (non-hydrogen) atoms. The van der Waals surface area contributed by atoms with Crippen LogP contribution in [0.4, 0.5) is 0 Å². The zero-order chi connectivity index (χ0) is 10.2. The summed E-state index contributed by atoms with van der Waals surface area (Å²) >= 11 is 0. The molecular formula is C12H16O2. The first-order valence-corrected chi connectivity index (χ1v) is 4.76. The number of hydrogen-bond donors (Lipinski definition) is 1. The molecule has 1 atom stereocenters. The minimum Gasteiger partial charge on any atom is -0.502 e. The Kier molecular flexibility index (Phi) is 4.79.